The van der Waals surface area contributed by atoms with E-state index < -0.39 is 0 Å². The van der Waals surface area contributed by atoms with Crippen molar-refractivity contribution >= 4 is 17.2 Å². The molecular weight excluding hydrogens is 262 g/mol. The van der Waals surface area contributed by atoms with Gasteiger partial charge < -0.3 is 15.5 Å². The monoisotopic (exact) mass is 279 g/mol. The average molecular weight is 279 g/mol. The largest absolute Gasteiger partial charge is 0.459 e. The number of nitrogens with one attached hydrogen (secondary N) is 1. The van der Waals surface area contributed by atoms with Crippen molar-refractivity contribution in [3.8, 4) is 10.8 Å². The molecule has 2 aromatic rings. The molecular formula is C13H17N3O2S. The summed E-state index contributed by atoms with van der Waals surface area (Å²) in [6, 6.07) is 3.79. The number of aryl methyl sites for hydroxylation is 1. The van der Waals surface area contributed by atoms with Crippen molar-refractivity contribution in [1.82, 2.24) is 10.3 Å². The van der Waals surface area contributed by atoms with Gasteiger partial charge >= 0.3 is 0 Å². The molecule has 2 heterocycles. The molecule has 1 amide bonds. The molecule has 0 atom stereocenters. The second-order valence-electron chi connectivity index (χ2n) is 4.22. The highest BCUT2D eigenvalue weighted by Gasteiger charge is 2.10. The molecule has 2 aromatic heterocycles. The number of nitrogens with two attached hydrogens (primary N) is 1. The van der Waals surface area contributed by atoms with Gasteiger partial charge in [-0.05, 0) is 32.0 Å². The van der Waals surface area contributed by atoms with Crippen LogP contribution in [0.25, 0.3) is 10.8 Å². The second kappa shape index (κ2) is 6.49. The molecule has 0 saturated heterocycles. The zero-order valence-corrected chi connectivity index (χ0v) is 11.6. The molecule has 2 rings (SSSR count). The number of aromatic nitrogens is 1. The Morgan fingerprint density at radius 3 is 3.05 bits per heavy atom. The lowest BCUT2D eigenvalue weighted by atomic mass is 10.3. The van der Waals surface area contributed by atoms with E-state index in [1.165, 1.54) is 11.3 Å². The van der Waals surface area contributed by atoms with Crippen molar-refractivity contribution in [3.05, 3.63) is 29.0 Å². The summed E-state index contributed by atoms with van der Waals surface area (Å²) in [5.41, 5.74) is 6.13. The highest BCUT2D eigenvalue weighted by Crippen LogP contribution is 2.25. The van der Waals surface area contributed by atoms with Crippen LogP contribution in [0.2, 0.25) is 0 Å². The van der Waals surface area contributed by atoms with Crippen LogP contribution in [0.3, 0.4) is 0 Å². The second-order valence-corrected chi connectivity index (χ2v) is 5.08. The molecule has 3 N–H and O–H groups in total. The molecule has 102 valence electrons. The summed E-state index contributed by atoms with van der Waals surface area (Å²) in [6.07, 6.45) is 1.08. The summed E-state index contributed by atoms with van der Waals surface area (Å²) in [6.45, 7) is 3.09. The van der Waals surface area contributed by atoms with Crippen molar-refractivity contribution in [2.24, 2.45) is 5.73 Å². The van der Waals surface area contributed by atoms with E-state index in [0.717, 1.165) is 28.6 Å². The fraction of sp³-hybridized carbons (Fsp3) is 0.385. The van der Waals surface area contributed by atoms with E-state index in [0.29, 0.717) is 19.5 Å². The summed E-state index contributed by atoms with van der Waals surface area (Å²) in [7, 11) is 0. The van der Waals surface area contributed by atoms with Crippen molar-refractivity contribution in [1.29, 1.82) is 0 Å². The number of amides is 1. The van der Waals surface area contributed by atoms with Crippen molar-refractivity contribution in [2.75, 3.05) is 13.1 Å². The Kier molecular flexibility index (Phi) is 4.70. The lowest BCUT2D eigenvalue weighted by Crippen LogP contribution is -2.27. The summed E-state index contributed by atoms with van der Waals surface area (Å²) in [4.78, 5) is 16.0. The number of carbonyl (C=O) groups excluding carboxylic acids is 1. The minimum atomic E-state index is -0.0269. The van der Waals surface area contributed by atoms with Crippen molar-refractivity contribution in [3.63, 3.8) is 0 Å². The maximum absolute atomic E-state index is 11.6. The number of carbonyl (C=O) groups is 1. The molecule has 0 aromatic carbocycles. The van der Waals surface area contributed by atoms with Crippen molar-refractivity contribution in [2.45, 2.75) is 19.8 Å². The average Bonchev–Trinajstić information content (AvgIpc) is 2.98. The lowest BCUT2D eigenvalue weighted by molar-refractivity contribution is -0.120. The number of furan rings is 1. The van der Waals surface area contributed by atoms with Crippen LogP contribution in [0.4, 0.5) is 0 Å². The van der Waals surface area contributed by atoms with Crippen LogP contribution in [0, 0.1) is 6.92 Å². The molecule has 6 heteroatoms. The highest BCUT2D eigenvalue weighted by molar-refractivity contribution is 7.13. The molecule has 0 aliphatic carbocycles. The topological polar surface area (TPSA) is 81.2 Å². The third-order valence-corrected chi connectivity index (χ3v) is 3.45. The summed E-state index contributed by atoms with van der Waals surface area (Å²) >= 11 is 1.48. The summed E-state index contributed by atoms with van der Waals surface area (Å²) < 4.78 is 5.50. The zero-order chi connectivity index (χ0) is 13.7. The molecule has 0 aliphatic rings. The first-order valence-corrected chi connectivity index (χ1v) is 7.05. The van der Waals surface area contributed by atoms with Gasteiger partial charge in [-0.2, -0.15) is 0 Å². The third kappa shape index (κ3) is 3.90. The van der Waals surface area contributed by atoms with Crippen LogP contribution in [-0.4, -0.2) is 24.0 Å². The first-order chi connectivity index (χ1) is 9.19. The van der Waals surface area contributed by atoms with Crippen LogP contribution in [-0.2, 0) is 11.2 Å². The van der Waals surface area contributed by atoms with Gasteiger partial charge in [0, 0.05) is 11.9 Å². The van der Waals surface area contributed by atoms with Crippen molar-refractivity contribution < 1.29 is 9.21 Å². The standard InChI is InChI=1S/C13H17N3O2S/c1-9-3-4-11(18-9)13-16-10(8-19-13)7-12(17)15-6-2-5-14/h3-4,8H,2,5-7,14H2,1H3,(H,15,17). The molecule has 0 aliphatic heterocycles. The quantitative estimate of drug-likeness (QED) is 0.789. The van der Waals surface area contributed by atoms with Gasteiger partial charge in [-0.15, -0.1) is 11.3 Å². The van der Waals surface area contributed by atoms with E-state index in [1.54, 1.807) is 0 Å². The lowest BCUT2D eigenvalue weighted by Gasteiger charge is -2.01. The van der Waals surface area contributed by atoms with Gasteiger partial charge in [0.2, 0.25) is 5.91 Å². The van der Waals surface area contributed by atoms with Gasteiger partial charge in [-0.25, -0.2) is 4.98 Å². The molecule has 0 spiro atoms. The summed E-state index contributed by atoms with van der Waals surface area (Å²) in [5.74, 6) is 1.57. The predicted molar refractivity (Wildman–Crippen MR) is 74.9 cm³/mol. The minimum Gasteiger partial charge on any atom is -0.459 e. The van der Waals surface area contributed by atoms with Gasteiger partial charge in [0.25, 0.3) is 0 Å². The van der Waals surface area contributed by atoms with Crippen LogP contribution in [0.15, 0.2) is 21.9 Å². The Hall–Kier alpha value is -1.66. The SMILES string of the molecule is Cc1ccc(-c2nc(CC(=O)NCCCN)cs2)o1. The Bertz CT molecular complexity index is 548. The molecule has 0 fully saturated rings. The Morgan fingerprint density at radius 1 is 1.53 bits per heavy atom. The van der Waals surface area contributed by atoms with E-state index in [1.807, 2.05) is 24.4 Å². The van der Waals surface area contributed by atoms with Crippen LogP contribution < -0.4 is 11.1 Å². The number of rotatable bonds is 6. The minimum absolute atomic E-state index is 0.0269. The van der Waals surface area contributed by atoms with Crippen LogP contribution >= 0.6 is 11.3 Å². The number of hydrogen-bond acceptors (Lipinski definition) is 5. The molecule has 0 bridgehead atoms. The molecule has 0 saturated carbocycles. The van der Waals surface area contributed by atoms with Gasteiger partial charge in [0.15, 0.2) is 10.8 Å². The maximum Gasteiger partial charge on any atom is 0.226 e. The number of hydrogen-bond donors (Lipinski definition) is 2. The fourth-order valence-corrected chi connectivity index (χ4v) is 2.39. The first-order valence-electron chi connectivity index (χ1n) is 6.17. The van der Waals surface area contributed by atoms with Crippen LogP contribution in [0.1, 0.15) is 17.9 Å². The van der Waals surface area contributed by atoms with E-state index in [2.05, 4.69) is 10.3 Å². The van der Waals surface area contributed by atoms with Gasteiger partial charge in [-0.3, -0.25) is 4.79 Å². The smallest absolute Gasteiger partial charge is 0.226 e. The van der Waals surface area contributed by atoms with E-state index in [4.69, 9.17) is 10.2 Å². The fourth-order valence-electron chi connectivity index (χ4n) is 1.61. The molecule has 0 radical (unpaired) electrons. The van der Waals surface area contributed by atoms with Crippen LogP contribution in [0.5, 0.6) is 0 Å². The first kappa shape index (κ1) is 13.8. The Balaban J connectivity index is 1.92. The maximum atomic E-state index is 11.6. The van der Waals surface area contributed by atoms with E-state index in [9.17, 15) is 4.79 Å². The predicted octanol–water partition coefficient (Wildman–Crippen LogP) is 1.72. The van der Waals surface area contributed by atoms with Gasteiger partial charge in [-0.1, -0.05) is 0 Å². The number of thiazole rings is 1. The Morgan fingerprint density at radius 2 is 2.37 bits per heavy atom. The molecule has 0 unspecified atom stereocenters. The highest BCUT2D eigenvalue weighted by atomic mass is 32.1. The normalized spacial score (nSPS) is 10.6. The molecule has 5 nitrogen and oxygen atoms in total. The number of nitrogens with zero attached hydrogens (tertiary/aromatic N) is 1. The van der Waals surface area contributed by atoms with Gasteiger partial charge in [0.1, 0.15) is 5.76 Å². The van der Waals surface area contributed by atoms with Gasteiger partial charge in [0.05, 0.1) is 12.1 Å². The summed E-state index contributed by atoms with van der Waals surface area (Å²) in [5, 5.41) is 5.50. The molecule has 19 heavy (non-hydrogen) atoms. The van der Waals surface area contributed by atoms with E-state index >= 15 is 0 Å². The van der Waals surface area contributed by atoms with E-state index in [-0.39, 0.29) is 5.91 Å². The third-order valence-electron chi connectivity index (χ3n) is 2.55. The Labute approximate surface area is 115 Å². The zero-order valence-electron chi connectivity index (χ0n) is 10.8.